The minimum atomic E-state index is -0.552. The van der Waals surface area contributed by atoms with Gasteiger partial charge in [-0.3, -0.25) is 9.48 Å². The summed E-state index contributed by atoms with van der Waals surface area (Å²) in [7, 11) is 1.78. The van der Waals surface area contributed by atoms with E-state index in [0.717, 1.165) is 31.2 Å². The van der Waals surface area contributed by atoms with Crippen LogP contribution in [0.5, 0.6) is 0 Å². The number of hydrogen-bond donors (Lipinski definition) is 1. The Kier molecular flexibility index (Phi) is 3.05. The van der Waals surface area contributed by atoms with E-state index in [-0.39, 0.29) is 17.0 Å². The normalized spacial score (nSPS) is 17.0. The molecule has 3 aromatic rings. The van der Waals surface area contributed by atoms with E-state index in [4.69, 9.17) is 10.3 Å². The van der Waals surface area contributed by atoms with Crippen molar-refractivity contribution >= 4 is 10.9 Å². The first-order valence-corrected chi connectivity index (χ1v) is 7.68. The van der Waals surface area contributed by atoms with Crippen LogP contribution in [0.15, 0.2) is 33.6 Å². The maximum absolute atomic E-state index is 12.7. The predicted molar refractivity (Wildman–Crippen MR) is 84.6 cm³/mol. The van der Waals surface area contributed by atoms with Crippen molar-refractivity contribution < 1.29 is 4.52 Å². The molecule has 1 aromatic carbocycles. The summed E-state index contributed by atoms with van der Waals surface area (Å²) >= 11 is 0. The van der Waals surface area contributed by atoms with Crippen LogP contribution in [0, 0.1) is 0 Å². The Morgan fingerprint density at radius 1 is 1.26 bits per heavy atom. The lowest BCUT2D eigenvalue weighted by atomic mass is 9.99. The molecule has 1 aliphatic carbocycles. The molecule has 118 valence electrons. The van der Waals surface area contributed by atoms with Crippen LogP contribution in [0.25, 0.3) is 22.5 Å². The third-order valence-electron chi connectivity index (χ3n) is 4.53. The number of rotatable bonds is 2. The van der Waals surface area contributed by atoms with Crippen molar-refractivity contribution in [3.05, 3.63) is 40.3 Å². The van der Waals surface area contributed by atoms with E-state index in [1.165, 1.54) is 0 Å². The van der Waals surface area contributed by atoms with E-state index in [1.54, 1.807) is 17.8 Å². The summed E-state index contributed by atoms with van der Waals surface area (Å²) in [5, 5.41) is 8.87. The van der Waals surface area contributed by atoms with Gasteiger partial charge in [-0.2, -0.15) is 10.1 Å². The maximum atomic E-state index is 12.7. The Morgan fingerprint density at radius 3 is 2.78 bits per heavy atom. The van der Waals surface area contributed by atoms with Crippen molar-refractivity contribution in [1.29, 1.82) is 0 Å². The van der Waals surface area contributed by atoms with Gasteiger partial charge in [0.05, 0.1) is 11.1 Å². The van der Waals surface area contributed by atoms with Crippen molar-refractivity contribution in [2.75, 3.05) is 0 Å². The van der Waals surface area contributed by atoms with Crippen molar-refractivity contribution in [3.8, 4) is 11.6 Å². The topological polar surface area (TPSA) is 99.8 Å². The summed E-state index contributed by atoms with van der Waals surface area (Å²) in [6.45, 7) is 0. The third kappa shape index (κ3) is 2.16. The zero-order valence-electron chi connectivity index (χ0n) is 12.8. The fraction of sp³-hybridized carbons (Fsp3) is 0.375. The predicted octanol–water partition coefficient (Wildman–Crippen LogP) is 1.71. The molecule has 1 saturated carbocycles. The molecule has 1 fully saturated rings. The quantitative estimate of drug-likeness (QED) is 0.773. The summed E-state index contributed by atoms with van der Waals surface area (Å²) in [6.07, 6.45) is 3.76. The van der Waals surface area contributed by atoms with Crippen LogP contribution in [0.4, 0.5) is 0 Å². The molecule has 4 rings (SSSR count). The van der Waals surface area contributed by atoms with Crippen LogP contribution < -0.4 is 11.2 Å². The maximum Gasteiger partial charge on any atom is 0.282 e. The average Bonchev–Trinajstić information content (AvgIpc) is 3.21. The molecule has 0 aliphatic heterocycles. The lowest BCUT2D eigenvalue weighted by Gasteiger charge is -2.17. The highest BCUT2D eigenvalue weighted by molar-refractivity contribution is 5.81. The van der Waals surface area contributed by atoms with Crippen LogP contribution in [0.2, 0.25) is 0 Å². The number of para-hydroxylation sites is 1. The summed E-state index contributed by atoms with van der Waals surface area (Å²) < 4.78 is 6.94. The molecule has 1 aliphatic rings. The van der Waals surface area contributed by atoms with E-state index in [2.05, 4.69) is 15.2 Å². The van der Waals surface area contributed by atoms with Crippen molar-refractivity contribution in [3.63, 3.8) is 0 Å². The molecular formula is C16H17N5O2. The molecule has 0 bridgehead atoms. The number of nitrogens with two attached hydrogens (primary N) is 1. The third-order valence-corrected chi connectivity index (χ3v) is 4.53. The van der Waals surface area contributed by atoms with Crippen LogP contribution in [-0.2, 0) is 12.6 Å². The average molecular weight is 311 g/mol. The van der Waals surface area contributed by atoms with Crippen LogP contribution in [0.3, 0.4) is 0 Å². The zero-order valence-corrected chi connectivity index (χ0v) is 12.8. The lowest BCUT2D eigenvalue weighted by Crippen LogP contribution is -2.34. The van der Waals surface area contributed by atoms with Gasteiger partial charge in [0.2, 0.25) is 5.43 Å². The second-order valence-corrected chi connectivity index (χ2v) is 6.10. The highest BCUT2D eigenvalue weighted by atomic mass is 16.5. The SMILES string of the molecule is Cn1nc(-c2nc(C3(N)CCCC3)no2)c(=O)c2ccccc21. The summed E-state index contributed by atoms with van der Waals surface area (Å²) in [4.78, 5) is 17.0. The van der Waals surface area contributed by atoms with Gasteiger partial charge in [-0.1, -0.05) is 30.1 Å². The molecule has 23 heavy (non-hydrogen) atoms. The van der Waals surface area contributed by atoms with E-state index in [1.807, 2.05) is 18.2 Å². The number of aromatic nitrogens is 4. The van der Waals surface area contributed by atoms with Crippen LogP contribution in [0.1, 0.15) is 31.5 Å². The van der Waals surface area contributed by atoms with Gasteiger partial charge in [0.15, 0.2) is 11.5 Å². The van der Waals surface area contributed by atoms with Gasteiger partial charge in [-0.15, -0.1) is 0 Å². The second kappa shape index (κ2) is 4.99. The Balaban J connectivity index is 1.86. The van der Waals surface area contributed by atoms with Crippen molar-refractivity contribution in [2.45, 2.75) is 31.2 Å². The number of nitrogens with zero attached hydrogens (tertiary/aromatic N) is 4. The van der Waals surface area contributed by atoms with E-state index in [0.29, 0.717) is 11.2 Å². The van der Waals surface area contributed by atoms with Crippen LogP contribution >= 0.6 is 0 Å². The molecule has 7 nitrogen and oxygen atoms in total. The molecule has 0 radical (unpaired) electrons. The summed E-state index contributed by atoms with van der Waals surface area (Å²) in [5.74, 6) is 0.588. The first-order valence-electron chi connectivity index (χ1n) is 7.68. The Hall–Kier alpha value is -2.54. The van der Waals surface area contributed by atoms with Gasteiger partial charge in [-0.25, -0.2) is 0 Å². The Morgan fingerprint density at radius 2 is 2.00 bits per heavy atom. The fourth-order valence-electron chi connectivity index (χ4n) is 3.22. The Labute approximate surface area is 132 Å². The molecule has 2 heterocycles. The van der Waals surface area contributed by atoms with Crippen molar-refractivity contribution in [1.82, 2.24) is 19.9 Å². The second-order valence-electron chi connectivity index (χ2n) is 6.10. The van der Waals surface area contributed by atoms with Gasteiger partial charge in [-0.05, 0) is 25.0 Å². The molecule has 0 spiro atoms. The highest BCUT2D eigenvalue weighted by Crippen LogP contribution is 2.35. The monoisotopic (exact) mass is 311 g/mol. The fourth-order valence-corrected chi connectivity index (χ4v) is 3.22. The summed E-state index contributed by atoms with van der Waals surface area (Å²) in [6, 6.07) is 7.30. The number of hydrogen-bond acceptors (Lipinski definition) is 6. The molecule has 0 saturated heterocycles. The molecular weight excluding hydrogens is 294 g/mol. The largest absolute Gasteiger partial charge is 0.332 e. The molecule has 0 amide bonds. The van der Waals surface area contributed by atoms with Gasteiger partial charge in [0, 0.05) is 12.4 Å². The van der Waals surface area contributed by atoms with Gasteiger partial charge < -0.3 is 10.3 Å². The number of aryl methyl sites for hydroxylation is 1. The highest BCUT2D eigenvalue weighted by Gasteiger charge is 2.36. The van der Waals surface area contributed by atoms with E-state index >= 15 is 0 Å². The smallest absolute Gasteiger partial charge is 0.282 e. The number of fused-ring (bicyclic) bond motifs is 1. The molecule has 0 unspecified atom stereocenters. The van der Waals surface area contributed by atoms with E-state index in [9.17, 15) is 4.79 Å². The zero-order chi connectivity index (χ0) is 16.0. The van der Waals surface area contributed by atoms with Gasteiger partial charge in [0.1, 0.15) is 0 Å². The van der Waals surface area contributed by atoms with Gasteiger partial charge >= 0.3 is 0 Å². The standard InChI is InChI=1S/C16H17N5O2/c1-21-11-7-3-2-6-10(11)13(22)12(19-21)14-18-15(20-23-14)16(17)8-4-5-9-16/h2-3,6-7H,4-5,8-9,17H2,1H3. The van der Waals surface area contributed by atoms with Gasteiger partial charge in [0.25, 0.3) is 5.89 Å². The molecule has 7 heteroatoms. The first-order chi connectivity index (χ1) is 11.1. The molecule has 2 aromatic heterocycles. The van der Waals surface area contributed by atoms with E-state index < -0.39 is 5.54 Å². The van der Waals surface area contributed by atoms with Crippen LogP contribution in [-0.4, -0.2) is 19.9 Å². The molecule has 2 N–H and O–H groups in total. The molecule has 0 atom stereocenters. The minimum absolute atomic E-state index is 0.128. The number of benzene rings is 1. The first kappa shape index (κ1) is 14.1. The minimum Gasteiger partial charge on any atom is -0.332 e. The summed E-state index contributed by atoms with van der Waals surface area (Å²) in [5.41, 5.74) is 6.49. The Bertz CT molecular complexity index is 937. The lowest BCUT2D eigenvalue weighted by molar-refractivity contribution is 0.372. The van der Waals surface area contributed by atoms with Crippen molar-refractivity contribution in [2.24, 2.45) is 12.8 Å².